The van der Waals surface area contributed by atoms with Gasteiger partial charge in [0.05, 0.1) is 6.04 Å². The predicted molar refractivity (Wildman–Crippen MR) is 104 cm³/mol. The molecular weight excluding hydrogens is 326 g/mol. The van der Waals surface area contributed by atoms with E-state index in [4.69, 9.17) is 0 Å². The molecule has 1 aliphatic heterocycles. The minimum Gasteiger partial charge on any atom is -0.357 e. The molecule has 140 valence electrons. The van der Waals surface area contributed by atoms with Crippen LogP contribution >= 0.6 is 0 Å². The van der Waals surface area contributed by atoms with Crippen LogP contribution in [0.15, 0.2) is 41.7 Å². The molecule has 1 fully saturated rings. The molecule has 3 rings (SSSR count). The molecule has 1 atom stereocenters. The maximum absolute atomic E-state index is 4.66. The molecule has 2 aromatic rings. The smallest absolute Gasteiger partial charge is 0.191 e. The summed E-state index contributed by atoms with van der Waals surface area (Å²) in [5, 5.41) is 14.8. The first-order chi connectivity index (χ1) is 12.8. The Labute approximate surface area is 155 Å². The van der Waals surface area contributed by atoms with Gasteiger partial charge in [-0.15, -0.1) is 10.2 Å². The summed E-state index contributed by atoms with van der Waals surface area (Å²) in [7, 11) is 1.93. The first-order valence-electron chi connectivity index (χ1n) is 9.42. The number of aliphatic imine (C=N–C) groups is 1. The first kappa shape index (κ1) is 18.4. The Balaban J connectivity index is 1.67. The van der Waals surface area contributed by atoms with Crippen molar-refractivity contribution in [2.75, 3.05) is 26.2 Å². The van der Waals surface area contributed by atoms with Crippen LogP contribution in [0, 0.1) is 0 Å². The number of nitrogens with zero attached hydrogens (tertiary/aromatic N) is 5. The van der Waals surface area contributed by atoms with Gasteiger partial charge in [0, 0.05) is 20.1 Å². The number of aryl methyl sites for hydroxylation is 1. The Morgan fingerprint density at radius 2 is 1.96 bits per heavy atom. The van der Waals surface area contributed by atoms with Crippen LogP contribution < -0.4 is 10.6 Å². The minimum absolute atomic E-state index is 0.359. The molecule has 7 nitrogen and oxygen atoms in total. The Morgan fingerprint density at radius 3 is 2.62 bits per heavy atom. The summed E-state index contributed by atoms with van der Waals surface area (Å²) in [6.07, 6.45) is 4.26. The zero-order chi connectivity index (χ0) is 18.2. The molecule has 0 radical (unpaired) electrons. The Kier molecular flexibility index (Phi) is 6.60. The molecule has 0 saturated carbocycles. The first-order valence-corrected chi connectivity index (χ1v) is 9.42. The van der Waals surface area contributed by atoms with E-state index in [0.717, 1.165) is 38.0 Å². The van der Waals surface area contributed by atoms with E-state index in [-0.39, 0.29) is 0 Å². The third kappa shape index (κ3) is 4.82. The van der Waals surface area contributed by atoms with Gasteiger partial charge in [0.2, 0.25) is 0 Å². The van der Waals surface area contributed by atoms with Crippen molar-refractivity contribution in [3.8, 4) is 0 Å². The topological polar surface area (TPSA) is 70.4 Å². The van der Waals surface area contributed by atoms with Crippen molar-refractivity contribution in [1.82, 2.24) is 30.3 Å². The van der Waals surface area contributed by atoms with Crippen molar-refractivity contribution in [2.45, 2.75) is 32.4 Å². The standard InChI is InChI=1S/C19H29N7/c1-3-20-19(22-14-18-24-23-15-25(18)2)21-13-17(26-11-7-8-12-26)16-9-5-4-6-10-16/h4-6,9-10,15,17H,3,7-8,11-14H2,1-2H3,(H2,20,21,22). The van der Waals surface area contributed by atoms with Crippen LogP contribution in [0.5, 0.6) is 0 Å². The van der Waals surface area contributed by atoms with Crippen LogP contribution in [0.2, 0.25) is 0 Å². The van der Waals surface area contributed by atoms with Crippen molar-refractivity contribution in [3.05, 3.63) is 48.0 Å². The van der Waals surface area contributed by atoms with Gasteiger partial charge in [-0.25, -0.2) is 4.99 Å². The molecule has 26 heavy (non-hydrogen) atoms. The van der Waals surface area contributed by atoms with Crippen molar-refractivity contribution < 1.29 is 0 Å². The number of likely N-dealkylation sites (tertiary alicyclic amines) is 1. The summed E-state index contributed by atoms with van der Waals surface area (Å²) < 4.78 is 1.89. The molecular formula is C19H29N7. The van der Waals surface area contributed by atoms with Crippen molar-refractivity contribution >= 4 is 5.96 Å². The Bertz CT molecular complexity index is 689. The van der Waals surface area contributed by atoms with Crippen molar-refractivity contribution in [1.29, 1.82) is 0 Å². The summed E-state index contributed by atoms with van der Waals surface area (Å²) >= 11 is 0. The highest BCUT2D eigenvalue weighted by molar-refractivity contribution is 5.79. The van der Waals surface area contributed by atoms with E-state index in [1.165, 1.54) is 18.4 Å². The van der Waals surface area contributed by atoms with E-state index >= 15 is 0 Å². The second-order valence-electron chi connectivity index (χ2n) is 6.60. The molecule has 0 aliphatic carbocycles. The van der Waals surface area contributed by atoms with Gasteiger partial charge < -0.3 is 15.2 Å². The van der Waals surface area contributed by atoms with E-state index in [0.29, 0.717) is 12.6 Å². The number of nitrogens with one attached hydrogen (secondary N) is 2. The fraction of sp³-hybridized carbons (Fsp3) is 0.526. The maximum Gasteiger partial charge on any atom is 0.191 e. The van der Waals surface area contributed by atoms with Crippen molar-refractivity contribution in [3.63, 3.8) is 0 Å². The van der Waals surface area contributed by atoms with Gasteiger partial charge in [0.25, 0.3) is 0 Å². The van der Waals surface area contributed by atoms with Gasteiger partial charge >= 0.3 is 0 Å². The lowest BCUT2D eigenvalue weighted by molar-refractivity contribution is 0.245. The van der Waals surface area contributed by atoms with Gasteiger partial charge in [0.1, 0.15) is 12.9 Å². The highest BCUT2D eigenvalue weighted by atomic mass is 15.3. The normalized spacial score (nSPS) is 16.6. The largest absolute Gasteiger partial charge is 0.357 e. The highest BCUT2D eigenvalue weighted by Gasteiger charge is 2.23. The van der Waals surface area contributed by atoms with Gasteiger partial charge in [0.15, 0.2) is 11.8 Å². The molecule has 2 N–H and O–H groups in total. The van der Waals surface area contributed by atoms with Gasteiger partial charge in [-0.1, -0.05) is 30.3 Å². The summed E-state index contributed by atoms with van der Waals surface area (Å²) in [6, 6.07) is 11.1. The molecule has 7 heteroatoms. The number of hydrogen-bond acceptors (Lipinski definition) is 4. The van der Waals surface area contributed by atoms with E-state index in [1.54, 1.807) is 6.33 Å². The second kappa shape index (κ2) is 9.33. The van der Waals surface area contributed by atoms with E-state index in [1.807, 2.05) is 11.6 Å². The van der Waals surface area contributed by atoms with Crippen molar-refractivity contribution in [2.24, 2.45) is 12.0 Å². The quantitative estimate of drug-likeness (QED) is 0.584. The predicted octanol–water partition coefficient (Wildman–Crippen LogP) is 1.71. The monoisotopic (exact) mass is 355 g/mol. The average molecular weight is 355 g/mol. The Morgan fingerprint density at radius 1 is 1.19 bits per heavy atom. The SMILES string of the molecule is CCNC(=NCc1nncn1C)NCC(c1ccccc1)N1CCCC1. The highest BCUT2D eigenvalue weighted by Crippen LogP contribution is 2.24. The van der Waals surface area contributed by atoms with E-state index in [9.17, 15) is 0 Å². The average Bonchev–Trinajstić information content (AvgIpc) is 3.33. The number of rotatable bonds is 7. The minimum atomic E-state index is 0.359. The third-order valence-electron chi connectivity index (χ3n) is 4.76. The molecule has 1 aliphatic rings. The molecule has 0 bridgehead atoms. The summed E-state index contributed by atoms with van der Waals surface area (Å²) in [4.78, 5) is 7.23. The van der Waals surface area contributed by atoms with Gasteiger partial charge in [-0.3, -0.25) is 4.90 Å². The number of hydrogen-bond donors (Lipinski definition) is 2. The zero-order valence-corrected chi connectivity index (χ0v) is 15.7. The van der Waals surface area contributed by atoms with Crippen LogP contribution in [-0.4, -0.2) is 51.8 Å². The lowest BCUT2D eigenvalue weighted by Crippen LogP contribution is -2.42. The van der Waals surface area contributed by atoms with Gasteiger partial charge in [-0.05, 0) is 38.4 Å². The van der Waals surface area contributed by atoms with Crippen LogP contribution in [0.1, 0.15) is 37.2 Å². The number of aromatic nitrogens is 3. The summed E-state index contributed by atoms with van der Waals surface area (Å²) in [6.45, 7) is 6.56. The maximum atomic E-state index is 4.66. The molecule has 1 aromatic carbocycles. The fourth-order valence-electron chi connectivity index (χ4n) is 3.32. The lowest BCUT2D eigenvalue weighted by atomic mass is 10.1. The fourth-order valence-corrected chi connectivity index (χ4v) is 3.32. The Hall–Kier alpha value is -2.41. The molecule has 2 heterocycles. The molecule has 1 aromatic heterocycles. The molecule has 1 saturated heterocycles. The third-order valence-corrected chi connectivity index (χ3v) is 4.76. The van der Waals surface area contributed by atoms with Gasteiger partial charge in [-0.2, -0.15) is 0 Å². The van der Waals surface area contributed by atoms with E-state index in [2.05, 4.69) is 68.0 Å². The van der Waals surface area contributed by atoms with Crippen LogP contribution in [0.4, 0.5) is 0 Å². The van der Waals surface area contributed by atoms with Crippen LogP contribution in [0.25, 0.3) is 0 Å². The molecule has 0 amide bonds. The molecule has 1 unspecified atom stereocenters. The van der Waals surface area contributed by atoms with Crippen LogP contribution in [0.3, 0.4) is 0 Å². The number of benzene rings is 1. The molecule has 0 spiro atoms. The van der Waals surface area contributed by atoms with E-state index < -0.39 is 0 Å². The summed E-state index contributed by atoms with van der Waals surface area (Å²) in [5.41, 5.74) is 1.35. The zero-order valence-electron chi connectivity index (χ0n) is 15.7. The number of guanidine groups is 1. The lowest BCUT2D eigenvalue weighted by Gasteiger charge is -2.29. The van der Waals surface area contributed by atoms with Crippen LogP contribution in [-0.2, 0) is 13.6 Å². The second-order valence-corrected chi connectivity index (χ2v) is 6.60. The summed E-state index contributed by atoms with van der Waals surface area (Å²) in [5.74, 6) is 1.66.